The summed E-state index contributed by atoms with van der Waals surface area (Å²) >= 11 is 5.85. The molecular weight excluding hydrogens is 262 g/mol. The van der Waals surface area contributed by atoms with Crippen molar-refractivity contribution in [2.24, 2.45) is 0 Å². The van der Waals surface area contributed by atoms with E-state index in [0.29, 0.717) is 16.3 Å². The quantitative estimate of drug-likeness (QED) is 0.898. The lowest BCUT2D eigenvalue weighted by Crippen LogP contribution is -2.12. The van der Waals surface area contributed by atoms with Crippen LogP contribution in [-0.2, 0) is 0 Å². The Labute approximate surface area is 116 Å². The topological polar surface area (TPSA) is 49.3 Å². The van der Waals surface area contributed by atoms with Crippen molar-refractivity contribution in [2.75, 3.05) is 5.32 Å². The molecule has 0 bridgehead atoms. The summed E-state index contributed by atoms with van der Waals surface area (Å²) in [6, 6.07) is 13.8. The SMILES string of the molecule is C[C@H](O)c1cccc(NC(=O)c2cccc(Cl)c2)c1. The molecule has 0 heterocycles. The van der Waals surface area contributed by atoms with Gasteiger partial charge in [-0.2, -0.15) is 0 Å². The van der Waals surface area contributed by atoms with Crippen molar-refractivity contribution >= 4 is 23.2 Å². The Kier molecular flexibility index (Phi) is 4.20. The van der Waals surface area contributed by atoms with E-state index in [0.717, 1.165) is 5.56 Å². The van der Waals surface area contributed by atoms with Gasteiger partial charge < -0.3 is 10.4 Å². The number of anilines is 1. The molecule has 2 rings (SSSR count). The molecule has 19 heavy (non-hydrogen) atoms. The number of benzene rings is 2. The second kappa shape index (κ2) is 5.87. The molecule has 1 amide bonds. The lowest BCUT2D eigenvalue weighted by Gasteiger charge is -2.09. The maximum Gasteiger partial charge on any atom is 0.255 e. The van der Waals surface area contributed by atoms with Crippen molar-refractivity contribution in [2.45, 2.75) is 13.0 Å². The highest BCUT2D eigenvalue weighted by Gasteiger charge is 2.07. The van der Waals surface area contributed by atoms with Crippen LogP contribution in [0.5, 0.6) is 0 Å². The molecule has 2 aromatic carbocycles. The fourth-order valence-electron chi connectivity index (χ4n) is 1.71. The predicted molar refractivity (Wildman–Crippen MR) is 76.5 cm³/mol. The molecule has 2 N–H and O–H groups in total. The van der Waals surface area contributed by atoms with Gasteiger partial charge in [0.1, 0.15) is 0 Å². The van der Waals surface area contributed by atoms with Crippen LogP contribution >= 0.6 is 11.6 Å². The summed E-state index contributed by atoms with van der Waals surface area (Å²) in [5, 5.41) is 12.8. The van der Waals surface area contributed by atoms with Gasteiger partial charge >= 0.3 is 0 Å². The van der Waals surface area contributed by atoms with Gasteiger partial charge in [-0.25, -0.2) is 0 Å². The fourth-order valence-corrected chi connectivity index (χ4v) is 1.90. The van der Waals surface area contributed by atoms with E-state index >= 15 is 0 Å². The number of amides is 1. The van der Waals surface area contributed by atoms with Crippen molar-refractivity contribution in [3.05, 3.63) is 64.7 Å². The van der Waals surface area contributed by atoms with E-state index < -0.39 is 6.10 Å². The van der Waals surface area contributed by atoms with Gasteiger partial charge in [0, 0.05) is 16.3 Å². The first-order chi connectivity index (χ1) is 9.06. The van der Waals surface area contributed by atoms with Crippen molar-refractivity contribution in [1.82, 2.24) is 0 Å². The zero-order chi connectivity index (χ0) is 13.8. The van der Waals surface area contributed by atoms with Crippen LogP contribution in [0, 0.1) is 0 Å². The highest BCUT2D eigenvalue weighted by Crippen LogP contribution is 2.18. The Balaban J connectivity index is 2.17. The average Bonchev–Trinajstić information content (AvgIpc) is 2.39. The summed E-state index contributed by atoms with van der Waals surface area (Å²) in [5.41, 5.74) is 1.89. The number of carbonyl (C=O) groups is 1. The second-order valence-electron chi connectivity index (χ2n) is 4.27. The van der Waals surface area contributed by atoms with Crippen molar-refractivity contribution in [1.29, 1.82) is 0 Å². The first-order valence-corrected chi connectivity index (χ1v) is 6.29. The van der Waals surface area contributed by atoms with Crippen LogP contribution in [0.25, 0.3) is 0 Å². The molecule has 0 saturated heterocycles. The number of rotatable bonds is 3. The molecule has 1 atom stereocenters. The van der Waals surface area contributed by atoms with Crippen molar-refractivity contribution in [3.8, 4) is 0 Å². The zero-order valence-corrected chi connectivity index (χ0v) is 11.2. The molecule has 0 radical (unpaired) electrons. The monoisotopic (exact) mass is 275 g/mol. The number of nitrogens with one attached hydrogen (secondary N) is 1. The maximum absolute atomic E-state index is 12.0. The number of hydrogen-bond donors (Lipinski definition) is 2. The molecule has 0 aliphatic carbocycles. The summed E-state index contributed by atoms with van der Waals surface area (Å²) in [7, 11) is 0. The van der Waals surface area contributed by atoms with E-state index in [9.17, 15) is 9.90 Å². The molecule has 0 saturated carbocycles. The highest BCUT2D eigenvalue weighted by atomic mass is 35.5. The van der Waals surface area contributed by atoms with E-state index in [-0.39, 0.29) is 5.91 Å². The van der Waals surface area contributed by atoms with Gasteiger partial charge in [0.05, 0.1) is 6.10 Å². The second-order valence-corrected chi connectivity index (χ2v) is 4.70. The fraction of sp³-hybridized carbons (Fsp3) is 0.133. The van der Waals surface area contributed by atoms with Crippen molar-refractivity contribution < 1.29 is 9.90 Å². The molecule has 0 aliphatic heterocycles. The van der Waals surface area contributed by atoms with Gasteiger partial charge in [0.15, 0.2) is 0 Å². The Morgan fingerprint density at radius 2 is 1.95 bits per heavy atom. The summed E-state index contributed by atoms with van der Waals surface area (Å²) in [6.45, 7) is 1.68. The molecule has 4 heteroatoms. The van der Waals surface area contributed by atoms with E-state index in [1.807, 2.05) is 0 Å². The summed E-state index contributed by atoms with van der Waals surface area (Å²) in [4.78, 5) is 12.0. The number of halogens is 1. The molecule has 0 unspecified atom stereocenters. The van der Waals surface area contributed by atoms with Crippen LogP contribution in [-0.4, -0.2) is 11.0 Å². The summed E-state index contributed by atoms with van der Waals surface area (Å²) in [6.07, 6.45) is -0.567. The Bertz CT molecular complexity index is 596. The van der Waals surface area contributed by atoms with E-state index in [1.54, 1.807) is 55.5 Å². The lowest BCUT2D eigenvalue weighted by atomic mass is 10.1. The smallest absolute Gasteiger partial charge is 0.255 e. The minimum atomic E-state index is -0.567. The third-order valence-electron chi connectivity index (χ3n) is 2.71. The van der Waals surface area contributed by atoms with Gasteiger partial charge in [0.2, 0.25) is 0 Å². The van der Waals surface area contributed by atoms with Gasteiger partial charge in [-0.05, 0) is 42.8 Å². The zero-order valence-electron chi connectivity index (χ0n) is 10.4. The Morgan fingerprint density at radius 3 is 2.63 bits per heavy atom. The Morgan fingerprint density at radius 1 is 1.21 bits per heavy atom. The minimum absolute atomic E-state index is 0.231. The first kappa shape index (κ1) is 13.6. The Hall–Kier alpha value is -1.84. The largest absolute Gasteiger partial charge is 0.389 e. The predicted octanol–water partition coefficient (Wildman–Crippen LogP) is 3.65. The number of aliphatic hydroxyl groups is 1. The number of aliphatic hydroxyl groups excluding tert-OH is 1. The molecule has 0 fully saturated rings. The minimum Gasteiger partial charge on any atom is -0.389 e. The third kappa shape index (κ3) is 3.56. The normalized spacial score (nSPS) is 11.9. The number of carbonyl (C=O) groups excluding carboxylic acids is 1. The molecule has 0 spiro atoms. The van der Waals surface area contributed by atoms with Crippen molar-refractivity contribution in [3.63, 3.8) is 0 Å². The van der Waals surface area contributed by atoms with Crippen LogP contribution < -0.4 is 5.32 Å². The van der Waals surface area contributed by atoms with Gasteiger partial charge in [-0.15, -0.1) is 0 Å². The summed E-state index contributed by atoms with van der Waals surface area (Å²) < 4.78 is 0. The van der Waals surface area contributed by atoms with Gasteiger partial charge in [-0.3, -0.25) is 4.79 Å². The molecule has 98 valence electrons. The molecule has 0 aromatic heterocycles. The van der Waals surface area contributed by atoms with E-state index in [1.165, 1.54) is 0 Å². The van der Waals surface area contributed by atoms with Crippen LogP contribution in [0.2, 0.25) is 5.02 Å². The standard InChI is InChI=1S/C15H14ClNO2/c1-10(18)11-4-3-7-14(9-11)17-15(19)12-5-2-6-13(16)8-12/h2-10,18H,1H3,(H,17,19)/t10-/m0/s1. The summed E-state index contributed by atoms with van der Waals surface area (Å²) in [5.74, 6) is -0.231. The molecule has 3 nitrogen and oxygen atoms in total. The van der Waals surface area contributed by atoms with E-state index in [2.05, 4.69) is 5.32 Å². The van der Waals surface area contributed by atoms with E-state index in [4.69, 9.17) is 11.6 Å². The lowest BCUT2D eigenvalue weighted by molar-refractivity contribution is 0.102. The molecule has 2 aromatic rings. The number of hydrogen-bond acceptors (Lipinski definition) is 2. The van der Waals surface area contributed by atoms with Crippen LogP contribution in [0.1, 0.15) is 28.9 Å². The first-order valence-electron chi connectivity index (χ1n) is 5.91. The van der Waals surface area contributed by atoms with Gasteiger partial charge in [-0.1, -0.05) is 29.8 Å². The van der Waals surface area contributed by atoms with Crippen LogP contribution in [0.4, 0.5) is 5.69 Å². The highest BCUT2D eigenvalue weighted by molar-refractivity contribution is 6.31. The van der Waals surface area contributed by atoms with Crippen LogP contribution in [0.15, 0.2) is 48.5 Å². The molecular formula is C15H14ClNO2. The third-order valence-corrected chi connectivity index (χ3v) is 2.95. The van der Waals surface area contributed by atoms with Gasteiger partial charge in [0.25, 0.3) is 5.91 Å². The molecule has 0 aliphatic rings. The van der Waals surface area contributed by atoms with Crippen LogP contribution in [0.3, 0.4) is 0 Å². The average molecular weight is 276 g/mol. The maximum atomic E-state index is 12.0.